The maximum Gasteiger partial charge on any atom is 0.244 e. The van der Waals surface area contributed by atoms with Crippen LogP contribution in [0, 0.1) is 0 Å². The van der Waals surface area contributed by atoms with Gasteiger partial charge in [-0.05, 0) is 87.0 Å². The summed E-state index contributed by atoms with van der Waals surface area (Å²) in [5.74, 6) is 1.30. The number of fused-ring (bicyclic) bond motifs is 4. The molecule has 0 fully saturated rings. The molecule has 2 heterocycles. The third-order valence-corrected chi connectivity index (χ3v) is 13.2. The van der Waals surface area contributed by atoms with Gasteiger partial charge < -0.3 is 4.90 Å². The van der Waals surface area contributed by atoms with E-state index < -0.39 is 5.41 Å². The second kappa shape index (κ2) is 14.1. The van der Waals surface area contributed by atoms with E-state index in [0.29, 0.717) is 17.8 Å². The number of anilines is 3. The van der Waals surface area contributed by atoms with Crippen LogP contribution < -0.4 is 21.3 Å². The van der Waals surface area contributed by atoms with E-state index >= 15 is 0 Å². The van der Waals surface area contributed by atoms with Crippen LogP contribution in [0.3, 0.4) is 0 Å². The Kier molecular flexibility index (Phi) is 9.10. The Bertz CT molecular complexity index is 2400. The summed E-state index contributed by atoms with van der Waals surface area (Å²) in [6.07, 6.45) is 0. The Balaban J connectivity index is 1.28. The van der Waals surface area contributed by atoms with Gasteiger partial charge in [0.2, 0.25) is 6.71 Å². The minimum Gasteiger partial charge on any atom is -0.310 e. The lowest BCUT2D eigenvalue weighted by Gasteiger charge is -2.46. The third-order valence-electron chi connectivity index (χ3n) is 12.0. The molecule has 0 amide bonds. The zero-order valence-corrected chi connectivity index (χ0v) is 33.6. The lowest BCUT2D eigenvalue weighted by atomic mass is 9.34. The summed E-state index contributed by atoms with van der Waals surface area (Å²) < 4.78 is 0. The van der Waals surface area contributed by atoms with Gasteiger partial charge in [-0.25, -0.2) is 0 Å². The second-order valence-electron chi connectivity index (χ2n) is 16.2. The average Bonchev–Trinajstić information content (AvgIpc) is 3.21. The fraction of sp³-hybridized carbons (Fsp3) is 0.192. The molecule has 0 unspecified atom stereocenters. The van der Waals surface area contributed by atoms with Crippen molar-refractivity contribution in [1.82, 2.24) is 0 Å². The molecule has 0 radical (unpaired) electrons. The van der Waals surface area contributed by atoms with Crippen molar-refractivity contribution >= 4 is 51.9 Å². The van der Waals surface area contributed by atoms with Crippen molar-refractivity contribution in [2.75, 3.05) is 4.90 Å². The predicted octanol–water partition coefficient (Wildman–Crippen LogP) is 12.2. The fourth-order valence-electron chi connectivity index (χ4n) is 9.43. The van der Waals surface area contributed by atoms with Crippen molar-refractivity contribution < 1.29 is 0 Å². The van der Waals surface area contributed by atoms with Crippen molar-refractivity contribution in [3.05, 3.63) is 203 Å². The molecule has 7 aromatic rings. The highest BCUT2D eigenvalue weighted by molar-refractivity contribution is 8.00. The van der Waals surface area contributed by atoms with Gasteiger partial charge in [-0.2, -0.15) is 0 Å². The highest BCUT2D eigenvalue weighted by Crippen LogP contribution is 2.57. The molecule has 0 saturated carbocycles. The minimum atomic E-state index is -0.484. The van der Waals surface area contributed by atoms with E-state index in [2.05, 4.69) is 210 Å². The van der Waals surface area contributed by atoms with E-state index in [1.165, 1.54) is 82.2 Å². The van der Waals surface area contributed by atoms with Crippen molar-refractivity contribution in [2.45, 2.75) is 74.5 Å². The molecule has 0 aromatic heterocycles. The quantitative estimate of drug-likeness (QED) is 0.150. The van der Waals surface area contributed by atoms with Gasteiger partial charge in [-0.15, -0.1) is 0 Å². The van der Waals surface area contributed by atoms with Crippen LogP contribution in [0.5, 0.6) is 0 Å². The first-order chi connectivity index (χ1) is 26.8. The minimum absolute atomic E-state index is 0.155. The van der Waals surface area contributed by atoms with Crippen LogP contribution in [0.25, 0.3) is 0 Å². The standard InChI is InChI=1S/C52H48BNS/c1-34(2)37-31-41(35(3)4)51(42(32-37)36(5)6)53-45-25-15-18-28-49(45)55-50-33-40(29-30-46(50)53)54-47-26-16-13-23-43(47)52(38-19-9-7-10-20-38,39-21-11-8-12-22-39)44-24-14-17-27-48(44)54/h7-36H,1-6H3. The summed E-state index contributed by atoms with van der Waals surface area (Å²) in [7, 11) is 0. The van der Waals surface area contributed by atoms with Crippen LogP contribution in [0.4, 0.5) is 17.1 Å². The molecule has 3 heteroatoms. The van der Waals surface area contributed by atoms with Crippen LogP contribution >= 0.6 is 11.8 Å². The molecule has 0 atom stereocenters. The Morgan fingerprint density at radius 3 is 1.51 bits per heavy atom. The third kappa shape index (κ3) is 5.70. The molecule has 55 heavy (non-hydrogen) atoms. The molecule has 0 N–H and O–H groups in total. The highest BCUT2D eigenvalue weighted by Gasteiger charge is 2.46. The van der Waals surface area contributed by atoms with E-state index in [4.69, 9.17) is 0 Å². The average molecular weight is 730 g/mol. The van der Waals surface area contributed by atoms with E-state index in [9.17, 15) is 0 Å². The molecule has 1 nitrogen and oxygen atoms in total. The van der Waals surface area contributed by atoms with Crippen molar-refractivity contribution in [3.8, 4) is 0 Å². The van der Waals surface area contributed by atoms with Crippen molar-refractivity contribution in [2.24, 2.45) is 0 Å². The molecule has 7 aromatic carbocycles. The smallest absolute Gasteiger partial charge is 0.244 e. The van der Waals surface area contributed by atoms with Crippen LogP contribution in [0.1, 0.15) is 98.2 Å². The topological polar surface area (TPSA) is 3.24 Å². The number of benzene rings is 7. The first-order valence-electron chi connectivity index (χ1n) is 20.0. The van der Waals surface area contributed by atoms with Gasteiger partial charge >= 0.3 is 0 Å². The summed E-state index contributed by atoms with van der Waals surface area (Å²) in [5, 5.41) is 0. The largest absolute Gasteiger partial charge is 0.310 e. The Labute approximate surface area is 332 Å². The first-order valence-corrected chi connectivity index (χ1v) is 20.8. The Hall–Kier alpha value is -5.25. The molecule has 2 aliphatic heterocycles. The Morgan fingerprint density at radius 2 is 0.964 bits per heavy atom. The van der Waals surface area contributed by atoms with E-state index in [-0.39, 0.29) is 6.71 Å². The summed E-state index contributed by atoms with van der Waals surface area (Å²) in [6.45, 7) is 14.3. The van der Waals surface area contributed by atoms with E-state index in [1.54, 1.807) is 0 Å². The van der Waals surface area contributed by atoms with Crippen LogP contribution in [-0.2, 0) is 5.41 Å². The summed E-state index contributed by atoms with van der Waals surface area (Å²) in [4.78, 5) is 5.19. The van der Waals surface area contributed by atoms with Crippen molar-refractivity contribution in [1.29, 1.82) is 0 Å². The van der Waals surface area contributed by atoms with Crippen LogP contribution in [0.2, 0.25) is 0 Å². The lowest BCUT2D eigenvalue weighted by molar-refractivity contribution is 0.731. The number of hydrogen-bond acceptors (Lipinski definition) is 2. The number of rotatable bonds is 7. The van der Waals surface area contributed by atoms with Gasteiger partial charge in [0.25, 0.3) is 0 Å². The van der Waals surface area contributed by atoms with Gasteiger partial charge in [-0.3, -0.25) is 0 Å². The molecule has 0 saturated heterocycles. The Morgan fingerprint density at radius 1 is 0.473 bits per heavy atom. The van der Waals surface area contributed by atoms with Gasteiger partial charge in [0.1, 0.15) is 0 Å². The molecule has 2 aliphatic rings. The number of para-hydroxylation sites is 2. The molecule has 9 rings (SSSR count). The van der Waals surface area contributed by atoms with Gasteiger partial charge in [0.15, 0.2) is 0 Å². The van der Waals surface area contributed by atoms with Gasteiger partial charge in [0.05, 0.1) is 16.8 Å². The summed E-state index contributed by atoms with van der Waals surface area (Å²) >= 11 is 1.93. The molecule has 0 spiro atoms. The maximum absolute atomic E-state index is 2.52. The van der Waals surface area contributed by atoms with E-state index in [0.717, 1.165) is 0 Å². The molecular weight excluding hydrogens is 681 g/mol. The fourth-order valence-corrected chi connectivity index (χ4v) is 10.6. The zero-order chi connectivity index (χ0) is 37.8. The predicted molar refractivity (Wildman–Crippen MR) is 237 cm³/mol. The molecule has 270 valence electrons. The second-order valence-corrected chi connectivity index (χ2v) is 17.3. The van der Waals surface area contributed by atoms with Gasteiger partial charge in [0, 0.05) is 15.5 Å². The molecule has 0 aliphatic carbocycles. The molecule has 0 bridgehead atoms. The normalized spacial score (nSPS) is 14.1. The van der Waals surface area contributed by atoms with Gasteiger partial charge in [-0.1, -0.05) is 203 Å². The zero-order valence-electron chi connectivity index (χ0n) is 32.8. The monoisotopic (exact) mass is 729 g/mol. The number of hydrogen-bond donors (Lipinski definition) is 0. The van der Waals surface area contributed by atoms with E-state index in [1.807, 2.05) is 11.8 Å². The maximum atomic E-state index is 2.52. The first kappa shape index (κ1) is 35.5. The lowest BCUT2D eigenvalue weighted by Crippen LogP contribution is -2.57. The van der Waals surface area contributed by atoms with Crippen molar-refractivity contribution in [3.63, 3.8) is 0 Å². The SMILES string of the molecule is CC(C)c1cc(C(C)C)c(B2c3ccccc3Sc3cc(N4c5ccccc5C(c5ccccc5)(c5ccccc5)c5ccccc54)ccc32)c(C(C)C)c1. The highest BCUT2D eigenvalue weighted by atomic mass is 32.2. The number of nitrogens with zero attached hydrogens (tertiary/aromatic N) is 1. The summed E-state index contributed by atoms with van der Waals surface area (Å²) in [6, 6.07) is 61.8. The summed E-state index contributed by atoms with van der Waals surface area (Å²) in [5.41, 5.74) is 16.9. The van der Waals surface area contributed by atoms with Crippen LogP contribution in [-0.4, -0.2) is 6.71 Å². The molecular formula is C52H48BNS. The van der Waals surface area contributed by atoms with Crippen LogP contribution in [0.15, 0.2) is 174 Å².